The molecule has 4 aromatic rings. The minimum Gasteiger partial charge on any atom is -0.437 e. The van der Waals surface area contributed by atoms with E-state index >= 15 is 0 Å². The molecule has 3 aliphatic rings. The number of piperidine rings is 1. The van der Waals surface area contributed by atoms with Gasteiger partial charge in [0.2, 0.25) is 17.7 Å². The third-order valence-corrected chi connectivity index (χ3v) is 8.37. The van der Waals surface area contributed by atoms with Crippen LogP contribution in [0.1, 0.15) is 37.7 Å². The number of amides is 1. The van der Waals surface area contributed by atoms with Gasteiger partial charge in [-0.1, -0.05) is 24.3 Å². The molecular weight excluding hydrogens is 488 g/mol. The molecule has 2 aromatic heterocycles. The molecule has 39 heavy (non-hydrogen) atoms. The highest BCUT2D eigenvalue weighted by Crippen LogP contribution is 2.55. The number of hydrogen-bond donors (Lipinski definition) is 2. The smallest absolute Gasteiger partial charge is 0.233 e. The van der Waals surface area contributed by atoms with Gasteiger partial charge in [-0.25, -0.2) is 15.0 Å². The van der Waals surface area contributed by atoms with Crippen molar-refractivity contribution < 1.29 is 9.53 Å². The average Bonchev–Trinajstić information content (AvgIpc) is 3.69. The van der Waals surface area contributed by atoms with Crippen molar-refractivity contribution in [1.29, 1.82) is 0 Å². The van der Waals surface area contributed by atoms with Gasteiger partial charge in [0.15, 0.2) is 0 Å². The van der Waals surface area contributed by atoms with Crippen LogP contribution in [0.4, 0.5) is 11.6 Å². The summed E-state index contributed by atoms with van der Waals surface area (Å²) < 4.78 is 6.59. The maximum absolute atomic E-state index is 13.2. The monoisotopic (exact) mass is 520 g/mol. The number of hydrogen-bond acceptors (Lipinski definition) is 7. The van der Waals surface area contributed by atoms with Gasteiger partial charge < -0.3 is 20.3 Å². The molecule has 4 heterocycles. The van der Waals surface area contributed by atoms with Crippen LogP contribution in [-0.2, 0) is 4.79 Å². The molecule has 0 bridgehead atoms. The highest BCUT2D eigenvalue weighted by atomic mass is 16.5. The Bertz CT molecular complexity index is 1560. The molecule has 0 unspecified atom stereocenters. The number of pyridine rings is 1. The summed E-state index contributed by atoms with van der Waals surface area (Å²) in [5.74, 6) is 2.09. The molecule has 8 nitrogen and oxygen atoms in total. The molecule has 1 aliphatic carbocycles. The van der Waals surface area contributed by atoms with E-state index in [0.29, 0.717) is 17.9 Å². The predicted molar refractivity (Wildman–Crippen MR) is 152 cm³/mol. The standard InChI is InChI=1S/C31H32N6O2/c1-20-9-10-22-23(6-2-8-26(22)37-18-14-31(12-13-31)29(37)38)27(20)39-28-24(7-4-16-33-28)25-11-17-34-30(36-25)35-21-5-3-15-32-19-21/h2,4,6-11,16-17,21,32H,3,5,12-15,18-19H2,1H3,(H,34,35,36)/t21-/m0/s1. The lowest BCUT2D eigenvalue weighted by Crippen LogP contribution is -2.38. The Hall–Kier alpha value is -4.04. The number of ether oxygens (including phenoxy) is 1. The Kier molecular flexibility index (Phi) is 5.92. The summed E-state index contributed by atoms with van der Waals surface area (Å²) in [4.78, 5) is 29.0. The fourth-order valence-electron chi connectivity index (χ4n) is 5.96. The molecule has 3 fully saturated rings. The summed E-state index contributed by atoms with van der Waals surface area (Å²) in [6, 6.07) is 16.3. The topological polar surface area (TPSA) is 92.3 Å². The molecule has 1 atom stereocenters. The van der Waals surface area contributed by atoms with Gasteiger partial charge >= 0.3 is 0 Å². The van der Waals surface area contributed by atoms with Crippen molar-refractivity contribution in [3.05, 3.63) is 66.5 Å². The number of nitrogens with zero attached hydrogens (tertiary/aromatic N) is 4. The summed E-state index contributed by atoms with van der Waals surface area (Å²) in [5.41, 5.74) is 3.39. The Balaban J connectivity index is 1.23. The molecule has 1 amide bonds. The van der Waals surface area contributed by atoms with Crippen LogP contribution in [0.3, 0.4) is 0 Å². The zero-order valence-electron chi connectivity index (χ0n) is 22.1. The quantitative estimate of drug-likeness (QED) is 0.348. The maximum atomic E-state index is 13.2. The van der Waals surface area contributed by atoms with Crippen molar-refractivity contribution in [2.45, 2.75) is 45.1 Å². The van der Waals surface area contributed by atoms with Crippen molar-refractivity contribution in [3.8, 4) is 22.9 Å². The first-order valence-electron chi connectivity index (χ1n) is 13.9. The van der Waals surface area contributed by atoms with Crippen molar-refractivity contribution in [3.63, 3.8) is 0 Å². The second-order valence-corrected chi connectivity index (χ2v) is 11.0. The van der Waals surface area contributed by atoms with Crippen LogP contribution in [0.15, 0.2) is 60.9 Å². The number of fused-ring (bicyclic) bond motifs is 1. The van der Waals surface area contributed by atoms with E-state index < -0.39 is 0 Å². The Morgan fingerprint density at radius 2 is 1.95 bits per heavy atom. The van der Waals surface area contributed by atoms with Crippen molar-refractivity contribution in [2.75, 3.05) is 29.9 Å². The van der Waals surface area contributed by atoms with Gasteiger partial charge in [-0.15, -0.1) is 0 Å². The maximum Gasteiger partial charge on any atom is 0.233 e. The lowest BCUT2D eigenvalue weighted by molar-refractivity contribution is -0.121. The van der Waals surface area contributed by atoms with E-state index in [1.165, 1.54) is 0 Å². The van der Waals surface area contributed by atoms with E-state index in [9.17, 15) is 4.79 Å². The van der Waals surface area contributed by atoms with Gasteiger partial charge in [0.05, 0.1) is 22.4 Å². The summed E-state index contributed by atoms with van der Waals surface area (Å²) >= 11 is 0. The van der Waals surface area contributed by atoms with Crippen LogP contribution >= 0.6 is 0 Å². The fourth-order valence-corrected chi connectivity index (χ4v) is 5.96. The second-order valence-electron chi connectivity index (χ2n) is 11.0. The van der Waals surface area contributed by atoms with Gasteiger partial charge in [0, 0.05) is 42.3 Å². The largest absolute Gasteiger partial charge is 0.437 e. The van der Waals surface area contributed by atoms with Gasteiger partial charge in [-0.3, -0.25) is 4.79 Å². The lowest BCUT2D eigenvalue weighted by atomic mass is 10.0. The number of aryl methyl sites for hydroxylation is 1. The Morgan fingerprint density at radius 3 is 2.77 bits per heavy atom. The van der Waals surface area contributed by atoms with Gasteiger partial charge in [0.1, 0.15) is 5.75 Å². The van der Waals surface area contributed by atoms with Crippen molar-refractivity contribution in [1.82, 2.24) is 20.3 Å². The number of carbonyl (C=O) groups excluding carboxylic acids is 1. The van der Waals surface area contributed by atoms with E-state index in [0.717, 1.165) is 90.8 Å². The van der Waals surface area contributed by atoms with Crippen LogP contribution in [0.2, 0.25) is 0 Å². The van der Waals surface area contributed by atoms with Crippen molar-refractivity contribution in [2.24, 2.45) is 5.41 Å². The second kappa shape index (κ2) is 9.61. The summed E-state index contributed by atoms with van der Waals surface area (Å²) in [6.45, 7) is 4.77. The predicted octanol–water partition coefficient (Wildman–Crippen LogP) is 5.47. The third-order valence-electron chi connectivity index (χ3n) is 8.37. The van der Waals surface area contributed by atoms with E-state index in [2.05, 4.69) is 38.8 Å². The zero-order chi connectivity index (χ0) is 26.4. The molecule has 1 saturated carbocycles. The number of rotatable bonds is 6. The van der Waals surface area contributed by atoms with E-state index in [1.807, 2.05) is 42.2 Å². The third kappa shape index (κ3) is 4.38. The highest BCUT2D eigenvalue weighted by Gasteiger charge is 2.55. The molecule has 0 radical (unpaired) electrons. The average molecular weight is 521 g/mol. The molecule has 2 N–H and O–H groups in total. The zero-order valence-corrected chi connectivity index (χ0v) is 22.1. The first-order chi connectivity index (χ1) is 19.1. The van der Waals surface area contributed by atoms with Crippen LogP contribution in [-0.4, -0.2) is 46.5 Å². The first-order valence-corrected chi connectivity index (χ1v) is 13.9. The SMILES string of the molecule is Cc1ccc2c(N3CCC4(CC4)C3=O)cccc2c1Oc1ncccc1-c1ccnc(N[C@H]2CCCNC2)n1. The summed E-state index contributed by atoms with van der Waals surface area (Å²) in [6.07, 6.45) is 8.71. The number of nitrogens with one attached hydrogen (secondary N) is 2. The fraction of sp³-hybridized carbons (Fsp3) is 0.355. The molecule has 2 saturated heterocycles. The number of anilines is 2. The molecule has 8 heteroatoms. The van der Waals surface area contributed by atoms with E-state index in [1.54, 1.807) is 12.4 Å². The number of carbonyl (C=O) groups is 1. The summed E-state index contributed by atoms with van der Waals surface area (Å²) in [5, 5.41) is 8.85. The Labute approximate surface area is 227 Å². The number of benzene rings is 2. The summed E-state index contributed by atoms with van der Waals surface area (Å²) in [7, 11) is 0. The molecule has 1 spiro atoms. The highest BCUT2D eigenvalue weighted by molar-refractivity contribution is 6.09. The first kappa shape index (κ1) is 24.0. The molecule has 2 aromatic carbocycles. The Morgan fingerprint density at radius 1 is 1.03 bits per heavy atom. The number of aromatic nitrogens is 3. The van der Waals surface area contributed by atoms with Gasteiger partial charge in [0.25, 0.3) is 0 Å². The van der Waals surface area contributed by atoms with Gasteiger partial charge in [-0.05, 0) is 75.4 Å². The molecule has 7 rings (SSSR count). The van der Waals surface area contributed by atoms with E-state index in [-0.39, 0.29) is 11.3 Å². The molecular formula is C31H32N6O2. The van der Waals surface area contributed by atoms with E-state index in [4.69, 9.17) is 9.72 Å². The normalized spacial score (nSPS) is 20.0. The molecule has 2 aliphatic heterocycles. The van der Waals surface area contributed by atoms with Crippen LogP contribution < -0.4 is 20.3 Å². The lowest BCUT2D eigenvalue weighted by Gasteiger charge is -2.23. The van der Waals surface area contributed by atoms with Crippen LogP contribution in [0.5, 0.6) is 11.6 Å². The minimum absolute atomic E-state index is 0.103. The molecule has 198 valence electrons. The van der Waals surface area contributed by atoms with Crippen LogP contribution in [0, 0.1) is 12.3 Å². The van der Waals surface area contributed by atoms with Crippen LogP contribution in [0.25, 0.3) is 22.0 Å². The van der Waals surface area contributed by atoms with Crippen molar-refractivity contribution >= 4 is 28.3 Å². The van der Waals surface area contributed by atoms with Gasteiger partial charge in [-0.2, -0.15) is 0 Å². The minimum atomic E-state index is -0.103.